The number of carbonyl (C=O) groups is 1. The summed E-state index contributed by atoms with van der Waals surface area (Å²) in [5.41, 5.74) is 4.09. The normalized spacial score (nSPS) is 11.1. The molecular weight excluding hydrogens is 318 g/mol. The van der Waals surface area contributed by atoms with E-state index in [0.29, 0.717) is 22.8 Å². The fraction of sp³-hybridized carbons (Fsp3) is 0.105. The van der Waals surface area contributed by atoms with Crippen molar-refractivity contribution in [2.24, 2.45) is 5.10 Å². The summed E-state index contributed by atoms with van der Waals surface area (Å²) in [4.78, 5) is 11.9. The highest BCUT2D eigenvalue weighted by molar-refractivity contribution is 6.00. The Bertz CT molecular complexity index is 950. The Morgan fingerprint density at radius 2 is 2.00 bits per heavy atom. The van der Waals surface area contributed by atoms with Crippen molar-refractivity contribution in [3.63, 3.8) is 0 Å². The molecule has 2 aromatic carbocycles. The van der Waals surface area contributed by atoms with Crippen LogP contribution in [0.3, 0.4) is 0 Å². The number of nitriles is 1. The second-order valence-corrected chi connectivity index (χ2v) is 5.28. The second kappa shape index (κ2) is 7.32. The van der Waals surface area contributed by atoms with Crippen molar-refractivity contribution in [1.29, 1.82) is 5.26 Å². The van der Waals surface area contributed by atoms with Gasteiger partial charge in [0.15, 0.2) is 12.4 Å². The van der Waals surface area contributed by atoms with Gasteiger partial charge in [-0.05, 0) is 31.2 Å². The molecule has 0 saturated carbocycles. The molecule has 1 aromatic heterocycles. The summed E-state index contributed by atoms with van der Waals surface area (Å²) in [6.45, 7) is 1.50. The molecule has 1 amide bonds. The Kier molecular flexibility index (Phi) is 4.77. The monoisotopic (exact) mass is 333 g/mol. The van der Waals surface area contributed by atoms with Crippen LogP contribution >= 0.6 is 0 Å². The van der Waals surface area contributed by atoms with E-state index in [-0.39, 0.29) is 6.61 Å². The Hall–Kier alpha value is -3.59. The second-order valence-electron chi connectivity index (χ2n) is 5.28. The Balaban J connectivity index is 1.61. The highest BCUT2D eigenvalue weighted by atomic mass is 16.5. The zero-order valence-corrected chi connectivity index (χ0v) is 13.5. The molecule has 1 N–H and O–H groups in total. The maximum atomic E-state index is 11.9. The molecule has 25 heavy (non-hydrogen) atoms. The van der Waals surface area contributed by atoms with E-state index < -0.39 is 5.91 Å². The first kappa shape index (κ1) is 16.3. The van der Waals surface area contributed by atoms with Gasteiger partial charge in [-0.2, -0.15) is 10.4 Å². The molecule has 0 aliphatic heterocycles. The first-order valence-electron chi connectivity index (χ1n) is 7.61. The number of nitrogens with one attached hydrogen (secondary N) is 1. The molecule has 1 heterocycles. The van der Waals surface area contributed by atoms with Crippen molar-refractivity contribution in [3.8, 4) is 11.8 Å². The fourth-order valence-electron chi connectivity index (χ4n) is 2.22. The lowest BCUT2D eigenvalue weighted by atomic mass is 10.2. The highest BCUT2D eigenvalue weighted by Gasteiger charge is 2.08. The van der Waals surface area contributed by atoms with Crippen LogP contribution < -0.4 is 10.2 Å². The minimum atomic E-state index is -0.428. The van der Waals surface area contributed by atoms with Gasteiger partial charge in [0.2, 0.25) is 0 Å². The molecule has 0 saturated heterocycles. The molecule has 3 rings (SSSR count). The van der Waals surface area contributed by atoms with Gasteiger partial charge >= 0.3 is 0 Å². The van der Waals surface area contributed by atoms with Gasteiger partial charge < -0.3 is 9.15 Å². The number of para-hydroxylation sites is 2. The van der Waals surface area contributed by atoms with E-state index in [4.69, 9.17) is 14.4 Å². The maximum Gasteiger partial charge on any atom is 0.277 e. The predicted octanol–water partition coefficient (Wildman–Crippen LogP) is 3.22. The third-order valence-corrected chi connectivity index (χ3v) is 3.50. The molecule has 0 unspecified atom stereocenters. The molecule has 0 radical (unpaired) electrons. The molecule has 0 aliphatic carbocycles. The summed E-state index contributed by atoms with van der Waals surface area (Å²) in [5.74, 6) is 0.513. The number of furan rings is 1. The number of hydrogen-bond acceptors (Lipinski definition) is 5. The lowest BCUT2D eigenvalue weighted by molar-refractivity contribution is -0.123. The number of fused-ring (bicyclic) bond motifs is 1. The van der Waals surface area contributed by atoms with Crippen LogP contribution in [0.5, 0.6) is 5.75 Å². The number of rotatable bonds is 5. The van der Waals surface area contributed by atoms with Gasteiger partial charge in [-0.15, -0.1) is 0 Å². The largest absolute Gasteiger partial charge is 0.482 e. The van der Waals surface area contributed by atoms with Crippen LogP contribution in [-0.4, -0.2) is 18.2 Å². The molecule has 0 atom stereocenters. The lowest BCUT2D eigenvalue weighted by Gasteiger charge is -2.06. The third-order valence-electron chi connectivity index (χ3n) is 3.50. The van der Waals surface area contributed by atoms with Crippen molar-refractivity contribution >= 4 is 22.6 Å². The summed E-state index contributed by atoms with van der Waals surface area (Å²) in [6.07, 6.45) is 0. The van der Waals surface area contributed by atoms with E-state index in [2.05, 4.69) is 10.5 Å². The minimum Gasteiger partial charge on any atom is -0.482 e. The van der Waals surface area contributed by atoms with Crippen molar-refractivity contribution in [2.45, 2.75) is 6.92 Å². The van der Waals surface area contributed by atoms with E-state index in [9.17, 15) is 4.79 Å². The van der Waals surface area contributed by atoms with E-state index in [1.165, 1.54) is 0 Å². The van der Waals surface area contributed by atoms with Gasteiger partial charge in [0.25, 0.3) is 5.91 Å². The van der Waals surface area contributed by atoms with Crippen LogP contribution in [0.4, 0.5) is 0 Å². The van der Waals surface area contributed by atoms with Gasteiger partial charge in [-0.25, -0.2) is 5.43 Å². The smallest absolute Gasteiger partial charge is 0.277 e. The Labute approximate surface area is 144 Å². The molecule has 124 valence electrons. The molecule has 6 heteroatoms. The molecule has 0 bridgehead atoms. The lowest BCUT2D eigenvalue weighted by Crippen LogP contribution is -2.25. The van der Waals surface area contributed by atoms with Crippen LogP contribution in [0.15, 0.2) is 64.1 Å². The first-order chi connectivity index (χ1) is 12.2. The van der Waals surface area contributed by atoms with Crippen LogP contribution in [0, 0.1) is 11.3 Å². The molecule has 0 aliphatic rings. The molecule has 3 aromatic rings. The van der Waals surface area contributed by atoms with Crippen LogP contribution in [0.2, 0.25) is 0 Å². The van der Waals surface area contributed by atoms with E-state index in [1.54, 1.807) is 31.2 Å². The van der Waals surface area contributed by atoms with Gasteiger partial charge in [-0.3, -0.25) is 4.79 Å². The SMILES string of the molecule is C/C(=N/NC(=O)COc1ccccc1C#N)c1cc2ccccc2o1. The zero-order chi connectivity index (χ0) is 17.6. The average Bonchev–Trinajstić information content (AvgIpc) is 3.09. The zero-order valence-electron chi connectivity index (χ0n) is 13.5. The fourth-order valence-corrected chi connectivity index (χ4v) is 2.22. The molecule has 6 nitrogen and oxygen atoms in total. The van der Waals surface area contributed by atoms with Gasteiger partial charge in [0.1, 0.15) is 23.1 Å². The number of hydrogen-bond donors (Lipinski definition) is 1. The summed E-state index contributed by atoms with van der Waals surface area (Å²) < 4.78 is 11.0. The number of hydrazone groups is 1. The van der Waals surface area contributed by atoms with Crippen molar-refractivity contribution < 1.29 is 13.9 Å². The van der Waals surface area contributed by atoms with Crippen molar-refractivity contribution in [2.75, 3.05) is 6.61 Å². The Morgan fingerprint density at radius 1 is 1.24 bits per heavy atom. The van der Waals surface area contributed by atoms with Crippen LogP contribution in [0.25, 0.3) is 11.0 Å². The number of benzene rings is 2. The van der Waals surface area contributed by atoms with Gasteiger partial charge in [-0.1, -0.05) is 30.3 Å². The molecular formula is C19H15N3O3. The summed E-state index contributed by atoms with van der Waals surface area (Å²) in [6, 6.07) is 18.2. The molecule has 0 spiro atoms. The first-order valence-corrected chi connectivity index (χ1v) is 7.61. The summed E-state index contributed by atoms with van der Waals surface area (Å²) >= 11 is 0. The topological polar surface area (TPSA) is 87.6 Å². The van der Waals surface area contributed by atoms with E-state index in [0.717, 1.165) is 11.0 Å². The van der Waals surface area contributed by atoms with Crippen LogP contribution in [0.1, 0.15) is 18.2 Å². The van der Waals surface area contributed by atoms with Crippen molar-refractivity contribution in [1.82, 2.24) is 5.43 Å². The van der Waals surface area contributed by atoms with Crippen LogP contribution in [-0.2, 0) is 4.79 Å². The highest BCUT2D eigenvalue weighted by Crippen LogP contribution is 2.19. The van der Waals surface area contributed by atoms with E-state index >= 15 is 0 Å². The van der Waals surface area contributed by atoms with Crippen molar-refractivity contribution in [3.05, 3.63) is 65.9 Å². The number of carbonyl (C=O) groups excluding carboxylic acids is 1. The maximum absolute atomic E-state index is 11.9. The third kappa shape index (κ3) is 3.85. The standard InChI is InChI=1S/C19H15N3O3/c1-13(18-10-14-6-2-5-9-17(14)25-18)21-22-19(23)12-24-16-8-4-3-7-15(16)11-20/h2-10H,12H2,1H3,(H,22,23)/b21-13-. The summed E-state index contributed by atoms with van der Waals surface area (Å²) in [7, 11) is 0. The van der Waals surface area contributed by atoms with Gasteiger partial charge in [0, 0.05) is 5.39 Å². The quantitative estimate of drug-likeness (QED) is 0.573. The minimum absolute atomic E-state index is 0.240. The Morgan fingerprint density at radius 3 is 2.80 bits per heavy atom. The van der Waals surface area contributed by atoms with Gasteiger partial charge in [0.05, 0.1) is 5.56 Å². The predicted molar refractivity (Wildman–Crippen MR) is 93.2 cm³/mol. The number of ether oxygens (including phenoxy) is 1. The summed E-state index contributed by atoms with van der Waals surface area (Å²) in [5, 5.41) is 14.0. The average molecular weight is 333 g/mol. The number of amides is 1. The number of nitrogens with zero attached hydrogens (tertiary/aromatic N) is 2. The molecule has 0 fully saturated rings. The van der Waals surface area contributed by atoms with E-state index in [1.807, 2.05) is 36.4 Å².